The van der Waals surface area contributed by atoms with Crippen molar-refractivity contribution in [2.45, 2.75) is 0 Å². The Morgan fingerprint density at radius 2 is 1.86 bits per heavy atom. The molecule has 0 aliphatic rings. The summed E-state index contributed by atoms with van der Waals surface area (Å²) in [5.41, 5.74) is 3.29. The van der Waals surface area contributed by atoms with Gasteiger partial charge in [-0.3, -0.25) is 4.79 Å². The minimum Gasteiger partial charge on any atom is -1.00 e. The number of hydrazone groups is 1. The van der Waals surface area contributed by atoms with Crippen LogP contribution in [0.5, 0.6) is 5.75 Å². The third-order valence-electron chi connectivity index (χ3n) is 2.38. The van der Waals surface area contributed by atoms with Crippen molar-refractivity contribution in [2.24, 2.45) is 5.10 Å². The number of hydrogen-bond acceptors (Lipinski definition) is 3. The molecular weight excluding hydrogens is 398 g/mol. The molecule has 4 nitrogen and oxygen atoms in total. The van der Waals surface area contributed by atoms with E-state index in [1.54, 1.807) is 36.4 Å². The Bertz CT molecular complexity index is 624. The molecule has 0 unspecified atom stereocenters. The summed E-state index contributed by atoms with van der Waals surface area (Å²) in [4.78, 5) is 11.7. The van der Waals surface area contributed by atoms with Gasteiger partial charge in [-0.2, -0.15) is 5.10 Å². The molecule has 1 N–H and O–H groups in total. The predicted octanol–water partition coefficient (Wildman–Crippen LogP) is -0.712. The fourth-order valence-corrected chi connectivity index (χ4v) is 1.81. The quantitative estimate of drug-likeness (QED) is 0.414. The van der Waals surface area contributed by atoms with E-state index in [1.165, 1.54) is 12.3 Å². The first-order valence-corrected chi connectivity index (χ1v) is 6.31. The maximum Gasteiger partial charge on any atom is 2.00 e. The summed E-state index contributed by atoms with van der Waals surface area (Å²) in [7, 11) is 0. The Balaban J connectivity index is 0.00000200. The number of carbonyl (C=O) groups excluding carboxylic acids is 1. The summed E-state index contributed by atoms with van der Waals surface area (Å²) in [6.07, 6.45) is 1.33. The van der Waals surface area contributed by atoms with Crippen molar-refractivity contribution in [1.82, 2.24) is 5.43 Å². The van der Waals surface area contributed by atoms with E-state index >= 15 is 0 Å². The van der Waals surface area contributed by atoms with E-state index < -0.39 is 0 Å². The van der Waals surface area contributed by atoms with E-state index in [9.17, 15) is 9.90 Å². The number of nitrogens with one attached hydrogen (secondary N) is 1. The molecule has 0 fully saturated rings. The summed E-state index contributed by atoms with van der Waals surface area (Å²) >= 11 is 3.27. The molecule has 2 aromatic rings. The zero-order chi connectivity index (χ0) is 13.7. The largest absolute Gasteiger partial charge is 2.00 e. The second-order valence-corrected chi connectivity index (χ2v) is 4.66. The average Bonchev–Trinajstić information content (AvgIpc) is 2.43. The third-order valence-corrected chi connectivity index (χ3v) is 2.87. The Labute approximate surface area is 147 Å². The first-order valence-electron chi connectivity index (χ1n) is 5.52. The van der Waals surface area contributed by atoms with E-state index in [0.717, 1.165) is 4.47 Å². The van der Waals surface area contributed by atoms with Crippen LogP contribution in [-0.2, 0) is 17.1 Å². The monoisotopic (exact) mass is 407 g/mol. The zero-order valence-corrected chi connectivity index (χ0v) is 14.1. The fourth-order valence-electron chi connectivity index (χ4n) is 1.43. The normalized spacial score (nSPS) is 9.57. The summed E-state index contributed by atoms with van der Waals surface area (Å²) < 4.78 is 0.780. The van der Waals surface area contributed by atoms with Crippen molar-refractivity contribution < 1.29 is 39.4 Å². The first-order chi connectivity index (χ1) is 9.16. The van der Waals surface area contributed by atoms with Gasteiger partial charge < -0.3 is 17.5 Å². The van der Waals surface area contributed by atoms with Crippen LogP contribution < -0.4 is 22.9 Å². The van der Waals surface area contributed by atoms with Crippen LogP contribution in [0.15, 0.2) is 58.1 Å². The molecule has 0 heterocycles. The molecule has 0 bridgehead atoms. The van der Waals surface area contributed by atoms with Gasteiger partial charge in [0, 0.05) is 10.0 Å². The minimum atomic E-state index is -0.320. The molecule has 2 aromatic carbocycles. The second kappa shape index (κ2) is 9.58. The number of nitrogens with zero attached hydrogens (tertiary/aromatic N) is 1. The Hall–Kier alpha value is -1.33. The van der Waals surface area contributed by atoms with Crippen LogP contribution in [-0.4, -0.2) is 12.1 Å². The molecule has 21 heavy (non-hydrogen) atoms. The molecule has 0 aliphatic carbocycles. The van der Waals surface area contributed by atoms with Crippen LogP contribution in [0, 0.1) is 0 Å². The summed E-state index contributed by atoms with van der Waals surface area (Å²) in [6.45, 7) is 0. The van der Waals surface area contributed by atoms with Crippen molar-refractivity contribution in [3.63, 3.8) is 0 Å². The van der Waals surface area contributed by atoms with Crippen LogP contribution in [0.1, 0.15) is 15.9 Å². The molecule has 0 aromatic heterocycles. The first kappa shape index (κ1) is 19.7. The number of amides is 1. The standard InChI is InChI=1S/C14H11BrN2O2.ClH.Mn/c15-12-6-7-13(18)11(8-12)9-16-17-14(19)10-4-2-1-3-5-10;;/h1-9,18H,(H,17,19);1H;/q;;+2/p-2/b16-9+;;. The Kier molecular flexibility index (Phi) is 8.97. The van der Waals surface area contributed by atoms with Gasteiger partial charge in [-0.25, -0.2) is 5.43 Å². The molecule has 0 atom stereocenters. The molecule has 1 radical (unpaired) electrons. The minimum absolute atomic E-state index is 0. The fraction of sp³-hybridized carbons (Fsp3) is 0. The zero-order valence-electron chi connectivity index (χ0n) is 10.6. The Morgan fingerprint density at radius 3 is 2.52 bits per heavy atom. The van der Waals surface area contributed by atoms with Crippen LogP contribution in [0.25, 0.3) is 0 Å². The van der Waals surface area contributed by atoms with Gasteiger partial charge >= 0.3 is 17.1 Å². The van der Waals surface area contributed by atoms with Crippen LogP contribution >= 0.6 is 15.9 Å². The smallest absolute Gasteiger partial charge is 1.00 e. The van der Waals surface area contributed by atoms with Gasteiger partial charge in [0.15, 0.2) is 0 Å². The predicted molar refractivity (Wildman–Crippen MR) is 75.1 cm³/mol. The molecule has 1 amide bonds. The maximum atomic E-state index is 11.7. The van der Waals surface area contributed by atoms with Crippen LogP contribution in [0.4, 0.5) is 0 Å². The van der Waals surface area contributed by atoms with Crippen molar-refractivity contribution >= 4 is 28.1 Å². The van der Waals surface area contributed by atoms with E-state index in [-0.39, 0.29) is 41.1 Å². The van der Waals surface area contributed by atoms with Gasteiger partial charge in [-0.1, -0.05) is 45.9 Å². The summed E-state index contributed by atoms with van der Waals surface area (Å²) in [5.74, 6) is -0.472. The molecule has 0 saturated carbocycles. The molecular formula is C14H10BrClMnN2O2. The van der Waals surface area contributed by atoms with E-state index in [0.29, 0.717) is 11.1 Å². The van der Waals surface area contributed by atoms with E-state index in [1.807, 2.05) is 6.07 Å². The van der Waals surface area contributed by atoms with E-state index in [4.69, 9.17) is 0 Å². The molecule has 0 aliphatic heterocycles. The summed E-state index contributed by atoms with van der Waals surface area (Å²) in [6, 6.07) is 13.5. The van der Waals surface area contributed by atoms with Crippen molar-refractivity contribution in [3.05, 3.63) is 64.1 Å². The molecule has 7 heteroatoms. The number of hydrogen-bond donors (Lipinski definition) is 1. The van der Waals surface area contributed by atoms with Gasteiger partial charge in [0.1, 0.15) is 0 Å². The number of carbonyl (C=O) groups is 1. The van der Waals surface area contributed by atoms with Crippen LogP contribution in [0.2, 0.25) is 0 Å². The topological polar surface area (TPSA) is 64.5 Å². The third kappa shape index (κ3) is 5.89. The van der Waals surface area contributed by atoms with Gasteiger partial charge in [0.2, 0.25) is 0 Å². The number of rotatable bonds is 3. The van der Waals surface area contributed by atoms with Crippen molar-refractivity contribution in [3.8, 4) is 5.75 Å². The summed E-state index contributed by atoms with van der Waals surface area (Å²) in [5, 5.41) is 15.3. The number of benzene rings is 2. The van der Waals surface area contributed by atoms with Crippen LogP contribution in [0.3, 0.4) is 0 Å². The molecule has 0 spiro atoms. The van der Waals surface area contributed by atoms with Crippen molar-refractivity contribution in [2.75, 3.05) is 0 Å². The average molecular weight is 409 g/mol. The SMILES string of the molecule is O=C(N/N=C/c1cc(Br)ccc1[O-])c1ccccc1.[Cl-].[Mn+2]. The van der Waals surface area contributed by atoms with Crippen molar-refractivity contribution in [1.29, 1.82) is 0 Å². The van der Waals surface area contributed by atoms with E-state index in [2.05, 4.69) is 26.5 Å². The van der Waals surface area contributed by atoms with Gasteiger partial charge in [0.25, 0.3) is 5.91 Å². The number of halogens is 2. The molecule has 2 rings (SSSR count). The Morgan fingerprint density at radius 1 is 1.19 bits per heavy atom. The van der Waals surface area contributed by atoms with Gasteiger partial charge in [-0.15, -0.1) is 0 Å². The molecule has 109 valence electrons. The maximum absolute atomic E-state index is 11.7. The molecule has 0 saturated heterocycles. The van der Waals surface area contributed by atoms with Gasteiger partial charge in [0.05, 0.1) is 6.21 Å². The van der Waals surface area contributed by atoms with Gasteiger partial charge in [-0.05, 0) is 29.8 Å². The second-order valence-electron chi connectivity index (χ2n) is 3.75.